The van der Waals surface area contributed by atoms with Gasteiger partial charge >= 0.3 is 0 Å². The molecule has 0 unspecified atom stereocenters. The van der Waals surface area contributed by atoms with Gasteiger partial charge in [0, 0.05) is 19.6 Å². The first-order valence-electron chi connectivity index (χ1n) is 6.22. The van der Waals surface area contributed by atoms with Crippen LogP contribution in [0.25, 0.3) is 0 Å². The Labute approximate surface area is 110 Å². The third-order valence-corrected chi connectivity index (χ3v) is 2.22. The standard InChI is InChI=1S/C13H21BNO3/c15-6-7-16-8-9-17-11-14-12-18-10-13-4-2-1-3-5-13/h1-5H,6-12,15H2. The molecule has 5 heteroatoms. The van der Waals surface area contributed by atoms with Crippen molar-refractivity contribution in [1.29, 1.82) is 0 Å². The highest BCUT2D eigenvalue weighted by molar-refractivity contribution is 6.34. The van der Waals surface area contributed by atoms with Crippen LogP contribution in [0.15, 0.2) is 30.3 Å². The highest BCUT2D eigenvalue weighted by Gasteiger charge is 1.95. The van der Waals surface area contributed by atoms with Crippen molar-refractivity contribution in [2.24, 2.45) is 5.73 Å². The van der Waals surface area contributed by atoms with Gasteiger partial charge in [0.1, 0.15) is 0 Å². The maximum atomic E-state index is 5.48. The fourth-order valence-corrected chi connectivity index (χ4v) is 1.35. The van der Waals surface area contributed by atoms with Crippen LogP contribution < -0.4 is 5.73 Å². The summed E-state index contributed by atoms with van der Waals surface area (Å²) in [6.07, 6.45) is 0. The van der Waals surface area contributed by atoms with Gasteiger partial charge in [0.25, 0.3) is 0 Å². The van der Waals surface area contributed by atoms with Crippen LogP contribution in [0, 0.1) is 0 Å². The molecular weight excluding hydrogens is 229 g/mol. The van der Waals surface area contributed by atoms with Crippen LogP contribution in [0.5, 0.6) is 0 Å². The van der Waals surface area contributed by atoms with E-state index >= 15 is 0 Å². The van der Waals surface area contributed by atoms with Gasteiger partial charge < -0.3 is 19.9 Å². The molecule has 1 radical (unpaired) electrons. The van der Waals surface area contributed by atoms with Crippen LogP contribution in [0.3, 0.4) is 0 Å². The molecule has 0 amide bonds. The first kappa shape index (κ1) is 15.2. The molecule has 0 spiro atoms. The number of nitrogens with two attached hydrogens (primary N) is 1. The van der Waals surface area contributed by atoms with Crippen LogP contribution in [0.2, 0.25) is 0 Å². The zero-order valence-electron chi connectivity index (χ0n) is 10.7. The van der Waals surface area contributed by atoms with Crippen molar-refractivity contribution in [3.05, 3.63) is 35.9 Å². The highest BCUT2D eigenvalue weighted by atomic mass is 16.5. The zero-order chi connectivity index (χ0) is 12.9. The van der Waals surface area contributed by atoms with E-state index in [-0.39, 0.29) is 0 Å². The topological polar surface area (TPSA) is 53.7 Å². The van der Waals surface area contributed by atoms with Crippen molar-refractivity contribution < 1.29 is 14.2 Å². The highest BCUT2D eigenvalue weighted by Crippen LogP contribution is 1.99. The van der Waals surface area contributed by atoms with Crippen molar-refractivity contribution in [3.8, 4) is 0 Å². The minimum absolute atomic E-state index is 0.555. The largest absolute Gasteiger partial charge is 0.388 e. The smallest absolute Gasteiger partial charge is 0.179 e. The Kier molecular flexibility index (Phi) is 9.47. The van der Waals surface area contributed by atoms with Gasteiger partial charge in [-0.3, -0.25) is 0 Å². The molecule has 0 aromatic heterocycles. The van der Waals surface area contributed by atoms with E-state index in [9.17, 15) is 0 Å². The van der Waals surface area contributed by atoms with Gasteiger partial charge in [-0.15, -0.1) is 0 Å². The third-order valence-electron chi connectivity index (χ3n) is 2.22. The maximum absolute atomic E-state index is 5.48. The number of hydrogen-bond acceptors (Lipinski definition) is 4. The minimum Gasteiger partial charge on any atom is -0.388 e. The Morgan fingerprint density at radius 3 is 2.39 bits per heavy atom. The SMILES string of the molecule is NCCOCCOC[B]COCc1ccccc1. The molecule has 0 saturated heterocycles. The minimum atomic E-state index is 0.555. The molecule has 0 aliphatic heterocycles. The molecular formula is C13H21BNO3. The molecule has 0 atom stereocenters. The summed E-state index contributed by atoms with van der Waals surface area (Å²) in [5.41, 5.74) is 6.47. The lowest BCUT2D eigenvalue weighted by Crippen LogP contribution is -2.15. The van der Waals surface area contributed by atoms with Gasteiger partial charge in [0.05, 0.1) is 26.4 Å². The van der Waals surface area contributed by atoms with Gasteiger partial charge in [0.15, 0.2) is 7.28 Å². The van der Waals surface area contributed by atoms with Gasteiger partial charge in [-0.05, 0) is 5.56 Å². The van der Waals surface area contributed by atoms with Crippen molar-refractivity contribution in [3.63, 3.8) is 0 Å². The monoisotopic (exact) mass is 250 g/mol. The normalized spacial score (nSPS) is 10.5. The van der Waals surface area contributed by atoms with E-state index < -0.39 is 0 Å². The van der Waals surface area contributed by atoms with Crippen molar-refractivity contribution in [1.82, 2.24) is 0 Å². The van der Waals surface area contributed by atoms with Gasteiger partial charge in [-0.2, -0.15) is 0 Å². The number of hydrogen-bond donors (Lipinski definition) is 1. The molecule has 4 nitrogen and oxygen atoms in total. The Balaban J connectivity index is 1.82. The summed E-state index contributed by atoms with van der Waals surface area (Å²) >= 11 is 0. The van der Waals surface area contributed by atoms with Crippen molar-refractivity contribution in [2.75, 3.05) is 39.4 Å². The summed E-state index contributed by atoms with van der Waals surface area (Å²) < 4.78 is 16.0. The first-order valence-corrected chi connectivity index (χ1v) is 6.22. The molecule has 0 aliphatic carbocycles. The molecule has 18 heavy (non-hydrogen) atoms. The Hall–Kier alpha value is -0.875. The Bertz CT molecular complexity index is 285. The fraction of sp³-hybridized carbons (Fsp3) is 0.538. The summed E-state index contributed by atoms with van der Waals surface area (Å²) in [5.74, 6) is 0. The second-order valence-corrected chi connectivity index (χ2v) is 3.77. The molecule has 1 aromatic rings. The van der Waals surface area contributed by atoms with E-state index in [0.717, 1.165) is 0 Å². The number of rotatable bonds is 11. The summed E-state index contributed by atoms with van der Waals surface area (Å²) in [4.78, 5) is 0. The van der Waals surface area contributed by atoms with E-state index in [1.54, 1.807) is 0 Å². The van der Waals surface area contributed by atoms with Gasteiger partial charge in [0.2, 0.25) is 0 Å². The lowest BCUT2D eigenvalue weighted by molar-refractivity contribution is 0.0658. The Morgan fingerprint density at radius 1 is 0.889 bits per heavy atom. The average Bonchev–Trinajstić information content (AvgIpc) is 2.42. The first-order chi connectivity index (χ1) is 8.93. The number of ether oxygens (including phenoxy) is 3. The maximum Gasteiger partial charge on any atom is 0.179 e. The molecule has 99 valence electrons. The molecule has 2 N–H and O–H groups in total. The van der Waals surface area contributed by atoms with Gasteiger partial charge in [-0.25, -0.2) is 0 Å². The Morgan fingerprint density at radius 2 is 1.61 bits per heavy atom. The lowest BCUT2D eigenvalue weighted by Gasteiger charge is -2.05. The van der Waals surface area contributed by atoms with E-state index in [1.807, 2.05) is 37.6 Å². The van der Waals surface area contributed by atoms with E-state index in [2.05, 4.69) is 0 Å². The van der Waals surface area contributed by atoms with Crippen LogP contribution >= 0.6 is 0 Å². The fourth-order valence-electron chi connectivity index (χ4n) is 1.35. The number of benzene rings is 1. The van der Waals surface area contributed by atoms with E-state index in [4.69, 9.17) is 19.9 Å². The van der Waals surface area contributed by atoms with Crippen molar-refractivity contribution in [2.45, 2.75) is 6.61 Å². The second-order valence-electron chi connectivity index (χ2n) is 3.77. The summed E-state index contributed by atoms with van der Waals surface area (Å²) in [7, 11) is 1.96. The van der Waals surface area contributed by atoms with E-state index in [1.165, 1.54) is 5.56 Å². The van der Waals surface area contributed by atoms with Gasteiger partial charge in [-0.1, -0.05) is 30.3 Å². The predicted molar refractivity (Wildman–Crippen MR) is 72.5 cm³/mol. The van der Waals surface area contributed by atoms with E-state index in [0.29, 0.717) is 46.0 Å². The average molecular weight is 250 g/mol. The van der Waals surface area contributed by atoms with Crippen LogP contribution in [-0.4, -0.2) is 46.7 Å². The molecule has 0 aliphatic rings. The summed E-state index contributed by atoms with van der Waals surface area (Å²) in [5, 5.41) is 0. The molecule has 0 saturated carbocycles. The molecule has 1 aromatic carbocycles. The predicted octanol–water partition coefficient (Wildman–Crippen LogP) is 0.814. The zero-order valence-corrected chi connectivity index (χ0v) is 10.7. The van der Waals surface area contributed by atoms with Crippen LogP contribution in [0.1, 0.15) is 5.56 Å². The summed E-state index contributed by atoms with van der Waals surface area (Å²) in [6, 6.07) is 10.1. The molecule has 1 rings (SSSR count). The van der Waals surface area contributed by atoms with Crippen LogP contribution in [0.4, 0.5) is 0 Å². The quantitative estimate of drug-likeness (QED) is 0.466. The molecule has 0 heterocycles. The van der Waals surface area contributed by atoms with Crippen molar-refractivity contribution >= 4 is 7.28 Å². The second kappa shape index (κ2) is 11.2. The van der Waals surface area contributed by atoms with Crippen LogP contribution in [-0.2, 0) is 20.8 Å². The molecule has 0 fully saturated rings. The third kappa shape index (κ3) is 8.25. The molecule has 0 bridgehead atoms. The lowest BCUT2D eigenvalue weighted by atomic mass is 9.82. The summed E-state index contributed by atoms with van der Waals surface area (Å²) in [6.45, 7) is 4.15.